The number of hydrogen-bond donors (Lipinski definition) is 4. The fourth-order valence-electron chi connectivity index (χ4n) is 14.2. The van der Waals surface area contributed by atoms with Gasteiger partial charge in [0.15, 0.2) is 0 Å². The van der Waals surface area contributed by atoms with Crippen molar-refractivity contribution in [1.82, 2.24) is 49.8 Å². The van der Waals surface area contributed by atoms with E-state index in [1.54, 1.807) is 0 Å². The van der Waals surface area contributed by atoms with E-state index in [0.29, 0.717) is 0 Å². The second-order valence-corrected chi connectivity index (χ2v) is 30.0. The molecule has 6 aromatic carbocycles. The van der Waals surface area contributed by atoms with E-state index in [-0.39, 0.29) is 0 Å². The number of hydrogen-bond acceptors (Lipinski definition) is 6. The van der Waals surface area contributed by atoms with Crippen LogP contribution in [0.3, 0.4) is 0 Å². The Hall–Kier alpha value is -11.9. The van der Waals surface area contributed by atoms with Crippen LogP contribution in [0.4, 0.5) is 0 Å². The maximum atomic E-state index is 5.36. The molecule has 0 saturated carbocycles. The first-order valence-electron chi connectivity index (χ1n) is 34.8. The first kappa shape index (κ1) is 67.6. The van der Waals surface area contributed by atoms with Crippen LogP contribution in [0.5, 0.6) is 0 Å². The summed E-state index contributed by atoms with van der Waals surface area (Å²) in [6, 6.07) is 77.8. The van der Waals surface area contributed by atoms with Gasteiger partial charge in [0.25, 0.3) is 0 Å². The van der Waals surface area contributed by atoms with Crippen LogP contribution in [0.25, 0.3) is 182 Å². The van der Waals surface area contributed by atoms with Gasteiger partial charge in [-0.05, 0) is 207 Å². The number of rotatable bonds is 8. The third kappa shape index (κ3) is 13.9. The SMILES string of the molecule is Cc1ccc(-c2c3nc(c(-c4ccncc4)c4nc(c(-c5ccc(C)cc5)c5ccc([nH]5)c(-c5ccc(C)cc5)c5ccc2[nH]5)C=C4)C=C3)cc1.Cc1ccc(-c2c3nc(c(-c4ccncc4)c4nc(c(-c5ccc(C)cc5)c5ccc([nH]5)c(-c5ccc(C)cc5)c5ccc2[nH]5)C=C4)C=C3)cc1.[Cl][Pt][Cl]. The van der Waals surface area contributed by atoms with E-state index in [4.69, 9.17) is 38.8 Å². The molecule has 16 bridgehead atoms. The van der Waals surface area contributed by atoms with Gasteiger partial charge in [0.1, 0.15) is 0 Å². The molecule has 0 saturated heterocycles. The average molecular weight is 1580 g/mol. The number of aryl methyl sites for hydroxylation is 6. The molecule has 18 rings (SSSR count). The number of H-pyrrole nitrogens is 4. The number of nitrogens with one attached hydrogen (secondary N) is 4. The molecule has 105 heavy (non-hydrogen) atoms. The van der Waals surface area contributed by atoms with Crippen LogP contribution in [0.2, 0.25) is 0 Å². The standard InChI is InChI=1S/2C46H35N5.2ClH.Pt/c2*1-28-4-10-31(11-5-28)43-35-16-18-37(48-35)44(32-12-6-29(2)7-13-32)39-20-22-41(50-39)46(34-24-26-47-27-25-34)42-23-21-40(51-42)45(38-19-17-36(43)49-38)33-14-8-30(3)9-15-33;;;/h2*4-27,48-49H,1-3H3;2*1H;/q;;;;+2/p-2. The molecule has 12 heterocycles. The number of benzene rings is 6. The van der Waals surface area contributed by atoms with E-state index >= 15 is 0 Å². The molecule has 4 aliphatic heterocycles. The van der Waals surface area contributed by atoms with Crippen molar-refractivity contribution in [3.63, 3.8) is 0 Å². The Morgan fingerprint density at radius 1 is 0.200 bits per heavy atom. The third-order valence-electron chi connectivity index (χ3n) is 19.5. The Morgan fingerprint density at radius 2 is 0.352 bits per heavy atom. The van der Waals surface area contributed by atoms with Crippen molar-refractivity contribution < 1.29 is 16.5 Å². The Bertz CT molecular complexity index is 5480. The molecule has 8 aromatic heterocycles. The summed E-state index contributed by atoms with van der Waals surface area (Å²) in [4.78, 5) is 45.4. The number of pyridine rings is 2. The molecule has 13 heteroatoms. The van der Waals surface area contributed by atoms with Gasteiger partial charge < -0.3 is 19.9 Å². The summed E-state index contributed by atoms with van der Waals surface area (Å²) in [5.74, 6) is 0. The van der Waals surface area contributed by atoms with Gasteiger partial charge in [-0.25, -0.2) is 19.9 Å². The molecule has 0 unspecified atom stereocenters. The fourth-order valence-corrected chi connectivity index (χ4v) is 14.2. The Kier molecular flexibility index (Phi) is 18.9. The van der Waals surface area contributed by atoms with Crippen LogP contribution >= 0.6 is 18.8 Å². The van der Waals surface area contributed by atoms with Crippen molar-refractivity contribution in [3.8, 4) is 89.0 Å². The molecule has 0 fully saturated rings. The van der Waals surface area contributed by atoms with Crippen LogP contribution in [0.15, 0.2) is 243 Å². The van der Waals surface area contributed by atoms with E-state index < -0.39 is 16.5 Å². The zero-order valence-corrected chi connectivity index (χ0v) is 62.3. The van der Waals surface area contributed by atoms with E-state index in [1.807, 2.05) is 49.1 Å². The number of aromatic nitrogens is 10. The second-order valence-electron chi connectivity index (χ2n) is 26.7. The summed E-state index contributed by atoms with van der Waals surface area (Å²) in [6.45, 7) is 12.7. The van der Waals surface area contributed by atoms with Crippen LogP contribution in [0, 0.1) is 41.5 Å². The van der Waals surface area contributed by atoms with E-state index in [9.17, 15) is 0 Å². The molecule has 512 valence electrons. The Morgan fingerprint density at radius 3 is 0.543 bits per heavy atom. The average Bonchev–Trinajstić information content (AvgIpc) is 1.62. The molecular weight excluding hydrogens is 1510 g/mol. The Labute approximate surface area is 625 Å². The number of halogens is 2. The van der Waals surface area contributed by atoms with Gasteiger partial charge in [-0.15, -0.1) is 0 Å². The predicted molar refractivity (Wildman–Crippen MR) is 437 cm³/mol. The van der Waals surface area contributed by atoms with Crippen molar-refractivity contribution >= 4 is 112 Å². The molecule has 0 aliphatic carbocycles. The summed E-state index contributed by atoms with van der Waals surface area (Å²) < 4.78 is 0. The van der Waals surface area contributed by atoms with Crippen LogP contribution in [-0.2, 0) is 16.5 Å². The second kappa shape index (κ2) is 29.4. The van der Waals surface area contributed by atoms with E-state index in [2.05, 4.69) is 314 Å². The van der Waals surface area contributed by atoms with Crippen molar-refractivity contribution in [2.45, 2.75) is 41.5 Å². The van der Waals surface area contributed by atoms with Gasteiger partial charge >= 0.3 is 35.3 Å². The van der Waals surface area contributed by atoms with Gasteiger partial charge in [-0.1, -0.05) is 179 Å². The first-order chi connectivity index (χ1) is 51.4. The van der Waals surface area contributed by atoms with Crippen LogP contribution in [-0.4, -0.2) is 49.8 Å². The molecular formula is C92H70Cl2N10Pt. The van der Waals surface area contributed by atoms with E-state index in [1.165, 1.54) is 33.4 Å². The number of nitrogens with zero attached hydrogens (tertiary/aromatic N) is 6. The first-order valence-corrected chi connectivity index (χ1v) is 40.4. The molecule has 4 aliphatic rings. The summed E-state index contributed by atoms with van der Waals surface area (Å²) in [7, 11) is 9.75. The van der Waals surface area contributed by atoms with Gasteiger partial charge in [0.2, 0.25) is 0 Å². The number of fused-ring (bicyclic) bond motifs is 16. The monoisotopic (exact) mass is 1580 g/mol. The van der Waals surface area contributed by atoms with E-state index in [0.717, 1.165) is 179 Å². The molecule has 0 atom stereocenters. The van der Waals surface area contributed by atoms with Crippen molar-refractivity contribution in [2.24, 2.45) is 0 Å². The number of aromatic amines is 4. The topological polar surface area (TPSA) is 140 Å². The minimum absolute atomic E-state index is 0.472. The molecule has 10 nitrogen and oxygen atoms in total. The van der Waals surface area contributed by atoms with Gasteiger partial charge in [-0.2, -0.15) is 0 Å². The van der Waals surface area contributed by atoms with Gasteiger partial charge in [0.05, 0.1) is 45.6 Å². The third-order valence-corrected chi connectivity index (χ3v) is 19.5. The zero-order chi connectivity index (χ0) is 71.7. The zero-order valence-electron chi connectivity index (χ0n) is 58.5. The molecule has 0 spiro atoms. The molecule has 0 radical (unpaired) electrons. The summed E-state index contributed by atoms with van der Waals surface area (Å²) >= 11 is -0.472. The Balaban J connectivity index is 0.000000156. The molecule has 4 N–H and O–H groups in total. The van der Waals surface area contributed by atoms with Crippen LogP contribution < -0.4 is 0 Å². The predicted octanol–water partition coefficient (Wildman–Crippen LogP) is 24.7. The maximum absolute atomic E-state index is 5.36. The summed E-state index contributed by atoms with van der Waals surface area (Å²) in [6.07, 6.45) is 24.2. The van der Waals surface area contributed by atoms with Crippen molar-refractivity contribution in [3.05, 3.63) is 322 Å². The summed E-state index contributed by atoms with van der Waals surface area (Å²) in [5, 5.41) is 0. The van der Waals surface area contributed by atoms with Crippen molar-refractivity contribution in [1.29, 1.82) is 0 Å². The van der Waals surface area contributed by atoms with Gasteiger partial charge in [-0.3, -0.25) is 9.97 Å². The fraction of sp³-hybridized carbons (Fsp3) is 0.0652. The van der Waals surface area contributed by atoms with Gasteiger partial charge in [0, 0.05) is 113 Å². The molecule has 0 amide bonds. The summed E-state index contributed by atoms with van der Waals surface area (Å²) in [5.41, 5.74) is 39.2. The van der Waals surface area contributed by atoms with Crippen molar-refractivity contribution in [2.75, 3.05) is 0 Å². The van der Waals surface area contributed by atoms with Crippen LogP contribution in [0.1, 0.15) is 78.9 Å². The normalized spacial score (nSPS) is 11.9. The minimum atomic E-state index is -0.472. The quantitative estimate of drug-likeness (QED) is 0.119. The molecule has 14 aromatic rings.